The van der Waals surface area contributed by atoms with Gasteiger partial charge in [0.15, 0.2) is 0 Å². The average molecular weight is 189 g/mol. The van der Waals surface area contributed by atoms with Crippen molar-refractivity contribution >= 4 is 10.9 Å². The summed E-state index contributed by atoms with van der Waals surface area (Å²) in [5, 5.41) is 1.23. The standard InChI is InChI=1S/C12H15NO/c1-9(2)13-8-7-10-5-4-6-11(14-3)12(10)13/h4-9H,1-3H3. The van der Waals surface area contributed by atoms with E-state index < -0.39 is 0 Å². The van der Waals surface area contributed by atoms with Crippen LogP contribution in [0.1, 0.15) is 19.9 Å². The number of benzene rings is 1. The maximum atomic E-state index is 5.36. The van der Waals surface area contributed by atoms with E-state index in [1.165, 1.54) is 10.9 Å². The smallest absolute Gasteiger partial charge is 0.143 e. The first kappa shape index (κ1) is 9.13. The molecule has 0 unspecified atom stereocenters. The van der Waals surface area contributed by atoms with Gasteiger partial charge in [0.05, 0.1) is 12.6 Å². The van der Waals surface area contributed by atoms with Crippen molar-refractivity contribution in [1.29, 1.82) is 0 Å². The van der Waals surface area contributed by atoms with Crippen LogP contribution in [0.15, 0.2) is 30.5 Å². The lowest BCUT2D eigenvalue weighted by Crippen LogP contribution is -1.99. The van der Waals surface area contributed by atoms with Crippen LogP contribution >= 0.6 is 0 Å². The van der Waals surface area contributed by atoms with E-state index >= 15 is 0 Å². The second kappa shape index (κ2) is 3.37. The molecule has 2 rings (SSSR count). The molecule has 0 aliphatic rings. The van der Waals surface area contributed by atoms with Gasteiger partial charge in [-0.15, -0.1) is 0 Å². The Kier molecular flexibility index (Phi) is 2.20. The van der Waals surface area contributed by atoms with Crippen molar-refractivity contribution < 1.29 is 4.74 Å². The van der Waals surface area contributed by atoms with Crippen molar-refractivity contribution in [1.82, 2.24) is 4.57 Å². The van der Waals surface area contributed by atoms with Crippen LogP contribution < -0.4 is 4.74 Å². The predicted octanol–water partition coefficient (Wildman–Crippen LogP) is 3.23. The molecule has 74 valence electrons. The van der Waals surface area contributed by atoms with E-state index in [9.17, 15) is 0 Å². The summed E-state index contributed by atoms with van der Waals surface area (Å²) in [4.78, 5) is 0. The van der Waals surface area contributed by atoms with Gasteiger partial charge in [-0.3, -0.25) is 0 Å². The Morgan fingerprint density at radius 2 is 2.00 bits per heavy atom. The number of hydrogen-bond acceptors (Lipinski definition) is 1. The summed E-state index contributed by atoms with van der Waals surface area (Å²) in [6, 6.07) is 8.71. The highest BCUT2D eigenvalue weighted by Crippen LogP contribution is 2.28. The molecule has 0 bridgehead atoms. The van der Waals surface area contributed by atoms with Gasteiger partial charge in [-0.1, -0.05) is 12.1 Å². The molecule has 0 fully saturated rings. The zero-order chi connectivity index (χ0) is 10.1. The molecule has 0 saturated carbocycles. The molecule has 0 atom stereocenters. The molecule has 2 aromatic rings. The van der Waals surface area contributed by atoms with Crippen molar-refractivity contribution in [2.75, 3.05) is 7.11 Å². The van der Waals surface area contributed by atoms with E-state index in [0.29, 0.717) is 6.04 Å². The van der Waals surface area contributed by atoms with Crippen molar-refractivity contribution in [3.8, 4) is 5.75 Å². The summed E-state index contributed by atoms with van der Waals surface area (Å²) in [7, 11) is 1.71. The summed E-state index contributed by atoms with van der Waals surface area (Å²) in [6.07, 6.45) is 2.11. The Balaban J connectivity index is 2.74. The third-order valence-corrected chi connectivity index (χ3v) is 2.48. The second-order valence-corrected chi connectivity index (χ2v) is 3.71. The highest BCUT2D eigenvalue weighted by molar-refractivity contribution is 5.86. The van der Waals surface area contributed by atoms with Crippen LogP contribution in [-0.2, 0) is 0 Å². The normalized spacial score (nSPS) is 11.1. The number of ether oxygens (including phenoxy) is 1. The zero-order valence-electron chi connectivity index (χ0n) is 8.82. The Morgan fingerprint density at radius 1 is 1.21 bits per heavy atom. The minimum absolute atomic E-state index is 0.462. The molecule has 0 N–H and O–H groups in total. The minimum Gasteiger partial charge on any atom is -0.495 e. The number of rotatable bonds is 2. The first-order chi connectivity index (χ1) is 6.74. The van der Waals surface area contributed by atoms with Gasteiger partial charge in [-0.2, -0.15) is 0 Å². The number of aromatic nitrogens is 1. The maximum absolute atomic E-state index is 5.36. The molecule has 0 aliphatic carbocycles. The van der Waals surface area contributed by atoms with Crippen molar-refractivity contribution in [2.45, 2.75) is 19.9 Å². The predicted molar refractivity (Wildman–Crippen MR) is 58.9 cm³/mol. The number of fused-ring (bicyclic) bond motifs is 1. The number of nitrogens with zero attached hydrogens (tertiary/aromatic N) is 1. The lowest BCUT2D eigenvalue weighted by molar-refractivity contribution is 0.416. The second-order valence-electron chi connectivity index (χ2n) is 3.71. The Bertz CT molecular complexity index is 443. The first-order valence-electron chi connectivity index (χ1n) is 4.87. The summed E-state index contributed by atoms with van der Waals surface area (Å²) in [5.74, 6) is 0.946. The van der Waals surface area contributed by atoms with Crippen LogP contribution in [0.2, 0.25) is 0 Å². The highest BCUT2D eigenvalue weighted by Gasteiger charge is 2.08. The number of hydrogen-bond donors (Lipinski definition) is 0. The van der Waals surface area contributed by atoms with Crippen LogP contribution in [-0.4, -0.2) is 11.7 Å². The van der Waals surface area contributed by atoms with Gasteiger partial charge in [0.2, 0.25) is 0 Å². The van der Waals surface area contributed by atoms with Crippen molar-refractivity contribution in [3.05, 3.63) is 30.5 Å². The summed E-state index contributed by atoms with van der Waals surface area (Å²) in [5.41, 5.74) is 1.19. The SMILES string of the molecule is COc1cccc2ccn(C(C)C)c12. The minimum atomic E-state index is 0.462. The fraction of sp³-hybridized carbons (Fsp3) is 0.333. The van der Waals surface area contributed by atoms with Gasteiger partial charge < -0.3 is 9.30 Å². The van der Waals surface area contributed by atoms with Gasteiger partial charge in [0.1, 0.15) is 5.75 Å². The third-order valence-electron chi connectivity index (χ3n) is 2.48. The molecule has 0 spiro atoms. The monoisotopic (exact) mass is 189 g/mol. The maximum Gasteiger partial charge on any atom is 0.143 e. The van der Waals surface area contributed by atoms with Crippen LogP contribution in [0, 0.1) is 0 Å². The summed E-state index contributed by atoms with van der Waals surface area (Å²) >= 11 is 0. The molecule has 1 aromatic carbocycles. The van der Waals surface area contributed by atoms with E-state index in [-0.39, 0.29) is 0 Å². The quantitative estimate of drug-likeness (QED) is 0.707. The van der Waals surface area contributed by atoms with Crippen LogP contribution in [0.5, 0.6) is 5.75 Å². The van der Waals surface area contributed by atoms with Gasteiger partial charge in [-0.05, 0) is 26.0 Å². The Morgan fingerprint density at radius 3 is 2.64 bits per heavy atom. The van der Waals surface area contributed by atoms with Gasteiger partial charge >= 0.3 is 0 Å². The van der Waals surface area contributed by atoms with Gasteiger partial charge in [-0.25, -0.2) is 0 Å². The molecule has 0 saturated heterocycles. The molecule has 1 heterocycles. The third kappa shape index (κ3) is 1.27. The van der Waals surface area contributed by atoms with Crippen LogP contribution in [0.3, 0.4) is 0 Å². The number of methoxy groups -OCH3 is 1. The van der Waals surface area contributed by atoms with Crippen LogP contribution in [0.25, 0.3) is 10.9 Å². The molecule has 0 radical (unpaired) electrons. The Hall–Kier alpha value is -1.44. The van der Waals surface area contributed by atoms with Crippen LogP contribution in [0.4, 0.5) is 0 Å². The average Bonchev–Trinajstić information content (AvgIpc) is 2.60. The lowest BCUT2D eigenvalue weighted by Gasteiger charge is -2.11. The lowest BCUT2D eigenvalue weighted by atomic mass is 10.2. The van der Waals surface area contributed by atoms with E-state index in [4.69, 9.17) is 4.74 Å². The zero-order valence-corrected chi connectivity index (χ0v) is 8.82. The summed E-state index contributed by atoms with van der Waals surface area (Å²) < 4.78 is 7.59. The van der Waals surface area contributed by atoms with Gasteiger partial charge in [0.25, 0.3) is 0 Å². The fourth-order valence-electron chi connectivity index (χ4n) is 1.78. The first-order valence-corrected chi connectivity index (χ1v) is 4.87. The molecule has 14 heavy (non-hydrogen) atoms. The van der Waals surface area contributed by atoms with Crippen molar-refractivity contribution in [3.63, 3.8) is 0 Å². The molecular weight excluding hydrogens is 174 g/mol. The molecule has 1 aromatic heterocycles. The topological polar surface area (TPSA) is 14.2 Å². The molecule has 2 heteroatoms. The molecule has 0 aliphatic heterocycles. The largest absolute Gasteiger partial charge is 0.495 e. The Labute approximate surface area is 84.1 Å². The number of para-hydroxylation sites is 1. The van der Waals surface area contributed by atoms with Crippen molar-refractivity contribution in [2.24, 2.45) is 0 Å². The molecule has 2 nitrogen and oxygen atoms in total. The van der Waals surface area contributed by atoms with E-state index in [1.54, 1.807) is 7.11 Å². The van der Waals surface area contributed by atoms with E-state index in [1.807, 2.05) is 12.1 Å². The molecular formula is C12H15NO. The van der Waals surface area contributed by atoms with Gasteiger partial charge in [0, 0.05) is 17.6 Å². The van der Waals surface area contributed by atoms with E-state index in [0.717, 1.165) is 5.75 Å². The fourth-order valence-corrected chi connectivity index (χ4v) is 1.78. The van der Waals surface area contributed by atoms with E-state index in [2.05, 4.69) is 36.7 Å². The highest BCUT2D eigenvalue weighted by atomic mass is 16.5. The molecule has 0 amide bonds. The summed E-state index contributed by atoms with van der Waals surface area (Å²) in [6.45, 7) is 4.34.